The topological polar surface area (TPSA) is 20.3 Å². The van der Waals surface area contributed by atoms with Crippen molar-refractivity contribution in [1.82, 2.24) is 4.90 Å². The van der Waals surface area contributed by atoms with Gasteiger partial charge in [-0.3, -0.25) is 4.79 Å². The maximum absolute atomic E-state index is 12.4. The van der Waals surface area contributed by atoms with E-state index in [-0.39, 0.29) is 0 Å². The van der Waals surface area contributed by atoms with E-state index < -0.39 is 0 Å². The minimum atomic E-state index is 0.338. The number of allylic oxidation sites excluding steroid dienone is 3. The second-order valence-electron chi connectivity index (χ2n) is 5.99. The molecule has 0 spiro atoms. The summed E-state index contributed by atoms with van der Waals surface area (Å²) < 4.78 is 0. The highest BCUT2D eigenvalue weighted by molar-refractivity contribution is 5.97. The molecular formula is C19H23NO. The summed E-state index contributed by atoms with van der Waals surface area (Å²) in [6, 6.07) is 10.5. The van der Waals surface area contributed by atoms with E-state index in [0.717, 1.165) is 44.2 Å². The predicted octanol–water partition coefficient (Wildman–Crippen LogP) is 4.44. The summed E-state index contributed by atoms with van der Waals surface area (Å²) in [5, 5.41) is 0. The first-order valence-electron chi connectivity index (χ1n) is 8.04. The second kappa shape index (κ2) is 6.30. The van der Waals surface area contributed by atoms with Crippen LogP contribution in [0.4, 0.5) is 0 Å². The van der Waals surface area contributed by atoms with Crippen LogP contribution in [0, 0.1) is 5.92 Å². The van der Waals surface area contributed by atoms with E-state index in [4.69, 9.17) is 0 Å². The van der Waals surface area contributed by atoms with Gasteiger partial charge in [0, 0.05) is 36.4 Å². The first kappa shape index (κ1) is 14.1. The van der Waals surface area contributed by atoms with Gasteiger partial charge in [0.25, 0.3) is 0 Å². The fourth-order valence-corrected chi connectivity index (χ4v) is 3.44. The lowest BCUT2D eigenvalue weighted by atomic mass is 9.81. The third-order valence-electron chi connectivity index (χ3n) is 4.44. The first-order valence-corrected chi connectivity index (χ1v) is 8.04. The van der Waals surface area contributed by atoms with E-state index in [0.29, 0.717) is 11.7 Å². The van der Waals surface area contributed by atoms with Crippen molar-refractivity contribution in [3.8, 4) is 0 Å². The molecule has 1 aliphatic heterocycles. The van der Waals surface area contributed by atoms with Crippen molar-refractivity contribution < 1.29 is 4.79 Å². The molecule has 2 aliphatic rings. The van der Waals surface area contributed by atoms with Gasteiger partial charge in [-0.05, 0) is 24.8 Å². The number of carbonyl (C=O) groups excluding carboxylic acids is 1. The van der Waals surface area contributed by atoms with Crippen molar-refractivity contribution >= 4 is 5.78 Å². The molecule has 1 unspecified atom stereocenters. The Kier molecular flexibility index (Phi) is 4.23. The van der Waals surface area contributed by atoms with Gasteiger partial charge < -0.3 is 4.90 Å². The van der Waals surface area contributed by atoms with Crippen LogP contribution in [0.5, 0.6) is 0 Å². The van der Waals surface area contributed by atoms with Crippen molar-refractivity contribution in [1.29, 1.82) is 0 Å². The van der Waals surface area contributed by atoms with Gasteiger partial charge >= 0.3 is 0 Å². The van der Waals surface area contributed by atoms with Gasteiger partial charge in [0.1, 0.15) is 0 Å². The van der Waals surface area contributed by atoms with Gasteiger partial charge in [-0.2, -0.15) is 0 Å². The number of rotatable bonds is 4. The Labute approximate surface area is 127 Å². The van der Waals surface area contributed by atoms with Crippen molar-refractivity contribution in [3.63, 3.8) is 0 Å². The van der Waals surface area contributed by atoms with Gasteiger partial charge in [0.15, 0.2) is 5.78 Å². The van der Waals surface area contributed by atoms with E-state index in [1.165, 1.54) is 11.3 Å². The van der Waals surface area contributed by atoms with E-state index in [9.17, 15) is 4.79 Å². The van der Waals surface area contributed by atoms with Crippen LogP contribution in [-0.2, 0) is 11.3 Å². The molecule has 1 atom stereocenters. The monoisotopic (exact) mass is 281 g/mol. The lowest BCUT2D eigenvalue weighted by Crippen LogP contribution is -2.30. The number of Topliss-reactive ketones (excluding diaryl/α,β-unsaturated/α-hetero) is 1. The minimum absolute atomic E-state index is 0.338. The van der Waals surface area contributed by atoms with Crippen molar-refractivity contribution in [2.24, 2.45) is 5.92 Å². The molecule has 110 valence electrons. The molecule has 1 aromatic rings. The number of hydrogen-bond acceptors (Lipinski definition) is 2. The van der Waals surface area contributed by atoms with Gasteiger partial charge in [-0.25, -0.2) is 0 Å². The SMILES string of the molecule is CCCC1C=CN(Cc2ccccc2)C2=C1C(=O)CCC2. The molecule has 0 fully saturated rings. The fourth-order valence-electron chi connectivity index (χ4n) is 3.44. The number of ketones is 1. The minimum Gasteiger partial charge on any atom is -0.347 e. The van der Waals surface area contributed by atoms with Crippen molar-refractivity contribution in [2.75, 3.05) is 0 Å². The van der Waals surface area contributed by atoms with E-state index in [1.807, 2.05) is 6.07 Å². The summed E-state index contributed by atoms with van der Waals surface area (Å²) in [6.07, 6.45) is 9.40. The first-order chi connectivity index (χ1) is 10.3. The second-order valence-corrected chi connectivity index (χ2v) is 5.99. The Morgan fingerprint density at radius 2 is 2.00 bits per heavy atom. The quantitative estimate of drug-likeness (QED) is 0.813. The van der Waals surface area contributed by atoms with Crippen LogP contribution in [-0.4, -0.2) is 10.7 Å². The predicted molar refractivity (Wildman–Crippen MR) is 85.4 cm³/mol. The third-order valence-corrected chi connectivity index (χ3v) is 4.44. The molecule has 3 rings (SSSR count). The lowest BCUT2D eigenvalue weighted by Gasteiger charge is -2.35. The zero-order valence-electron chi connectivity index (χ0n) is 12.7. The summed E-state index contributed by atoms with van der Waals surface area (Å²) in [4.78, 5) is 14.7. The molecule has 1 heterocycles. The van der Waals surface area contributed by atoms with Crippen LogP contribution >= 0.6 is 0 Å². The standard InChI is InChI=1S/C19H23NO/c1-2-7-16-12-13-20(14-15-8-4-3-5-9-15)17-10-6-11-18(21)19(16)17/h3-5,8-9,12-13,16H,2,6-7,10-11,14H2,1H3. The molecule has 1 aliphatic carbocycles. The zero-order chi connectivity index (χ0) is 14.7. The zero-order valence-corrected chi connectivity index (χ0v) is 12.7. The maximum atomic E-state index is 12.4. The summed E-state index contributed by atoms with van der Waals surface area (Å²) in [6.45, 7) is 3.06. The summed E-state index contributed by atoms with van der Waals surface area (Å²) >= 11 is 0. The van der Waals surface area contributed by atoms with Gasteiger partial charge in [0.2, 0.25) is 0 Å². The average molecular weight is 281 g/mol. The Balaban J connectivity index is 1.88. The van der Waals surface area contributed by atoms with E-state index >= 15 is 0 Å². The maximum Gasteiger partial charge on any atom is 0.161 e. The molecule has 0 N–H and O–H groups in total. The molecule has 1 aromatic carbocycles. The number of hydrogen-bond donors (Lipinski definition) is 0. The molecule has 0 radical (unpaired) electrons. The third kappa shape index (κ3) is 2.94. The number of carbonyl (C=O) groups is 1. The molecular weight excluding hydrogens is 258 g/mol. The normalized spacial score (nSPS) is 21.7. The highest BCUT2D eigenvalue weighted by atomic mass is 16.1. The van der Waals surface area contributed by atoms with Crippen LogP contribution in [0.1, 0.15) is 44.6 Å². The molecule has 0 bridgehead atoms. The number of benzene rings is 1. The van der Waals surface area contributed by atoms with Gasteiger partial charge in [0.05, 0.1) is 0 Å². The summed E-state index contributed by atoms with van der Waals surface area (Å²) in [7, 11) is 0. The fraction of sp³-hybridized carbons (Fsp3) is 0.421. The molecule has 0 aromatic heterocycles. The van der Waals surface area contributed by atoms with Gasteiger partial charge in [-0.15, -0.1) is 0 Å². The van der Waals surface area contributed by atoms with Gasteiger partial charge in [-0.1, -0.05) is 49.8 Å². The van der Waals surface area contributed by atoms with E-state index in [2.05, 4.69) is 48.4 Å². The Morgan fingerprint density at radius 3 is 2.76 bits per heavy atom. The number of nitrogens with zero attached hydrogens (tertiary/aromatic N) is 1. The molecule has 0 saturated heterocycles. The summed E-state index contributed by atoms with van der Waals surface area (Å²) in [5.41, 5.74) is 3.67. The largest absolute Gasteiger partial charge is 0.347 e. The molecule has 0 saturated carbocycles. The highest BCUT2D eigenvalue weighted by Crippen LogP contribution is 2.36. The van der Waals surface area contributed by atoms with Crippen molar-refractivity contribution in [3.05, 3.63) is 59.4 Å². The van der Waals surface area contributed by atoms with Crippen LogP contribution in [0.15, 0.2) is 53.9 Å². The van der Waals surface area contributed by atoms with Crippen LogP contribution < -0.4 is 0 Å². The Bertz CT molecular complexity index is 570. The molecule has 0 amide bonds. The average Bonchev–Trinajstić information content (AvgIpc) is 2.51. The van der Waals surface area contributed by atoms with Crippen LogP contribution in [0.2, 0.25) is 0 Å². The van der Waals surface area contributed by atoms with Crippen LogP contribution in [0.3, 0.4) is 0 Å². The van der Waals surface area contributed by atoms with Crippen LogP contribution in [0.25, 0.3) is 0 Å². The van der Waals surface area contributed by atoms with E-state index in [1.54, 1.807) is 0 Å². The molecule has 21 heavy (non-hydrogen) atoms. The Hall–Kier alpha value is -1.83. The summed E-state index contributed by atoms with van der Waals surface area (Å²) in [5.74, 6) is 0.710. The smallest absolute Gasteiger partial charge is 0.161 e. The highest BCUT2D eigenvalue weighted by Gasteiger charge is 2.30. The molecule has 2 nitrogen and oxygen atoms in total. The molecule has 2 heteroatoms. The lowest BCUT2D eigenvalue weighted by molar-refractivity contribution is -0.116. The van der Waals surface area contributed by atoms with Crippen molar-refractivity contribution in [2.45, 2.75) is 45.6 Å². The Morgan fingerprint density at radius 1 is 1.19 bits per heavy atom.